The molecular formula is C13H15N2O. The molecule has 0 aliphatic rings. The Balaban J connectivity index is 2.09. The third-order valence-corrected chi connectivity index (χ3v) is 2.22. The number of aromatic nitrogens is 2. The fourth-order valence-corrected chi connectivity index (χ4v) is 1.49. The number of rotatable bonds is 5. The predicted octanol–water partition coefficient (Wildman–Crippen LogP) is 3.17. The van der Waals surface area contributed by atoms with Crippen molar-refractivity contribution in [1.82, 2.24) is 9.97 Å². The lowest BCUT2D eigenvalue weighted by atomic mass is 10.2. The number of para-hydroxylation sites is 1. The molecule has 1 N–H and O–H groups in total. The second-order valence-corrected chi connectivity index (χ2v) is 3.53. The van der Waals surface area contributed by atoms with Crippen LogP contribution >= 0.6 is 0 Å². The summed E-state index contributed by atoms with van der Waals surface area (Å²) in [6.45, 7) is 2.12. The Kier molecular flexibility index (Phi) is 3.59. The molecule has 0 spiro atoms. The number of hydrogen-bond donors (Lipinski definition) is 1. The molecule has 1 heterocycles. The molecule has 0 saturated carbocycles. The van der Waals surface area contributed by atoms with Gasteiger partial charge in [-0.1, -0.05) is 31.5 Å². The summed E-state index contributed by atoms with van der Waals surface area (Å²) in [5.41, 5.74) is 0. The van der Waals surface area contributed by atoms with E-state index in [4.69, 9.17) is 4.74 Å². The van der Waals surface area contributed by atoms with Gasteiger partial charge in [-0.25, -0.2) is 4.98 Å². The average Bonchev–Trinajstić information content (AvgIpc) is 2.83. The van der Waals surface area contributed by atoms with Crippen molar-refractivity contribution in [2.45, 2.75) is 19.8 Å². The summed E-state index contributed by atoms with van der Waals surface area (Å²) in [6.07, 6.45) is 6.34. The number of ether oxygens (including phenoxy) is 1. The van der Waals surface area contributed by atoms with Gasteiger partial charge in [0.15, 0.2) is 5.82 Å². The molecule has 0 unspecified atom stereocenters. The summed E-state index contributed by atoms with van der Waals surface area (Å²) in [7, 11) is 0. The van der Waals surface area contributed by atoms with Gasteiger partial charge in [-0.3, -0.25) is 0 Å². The Hall–Kier alpha value is -1.77. The summed E-state index contributed by atoms with van der Waals surface area (Å²) in [5.74, 6) is 1.66. The standard InChI is InChI=1S/C13H15N2O/c1-2-6-12(13-14-9-10-15-13)16-11-7-4-3-5-8-11/h3-5,7-10H,2,6H2,1H3,(H,14,15). The number of hydrogen-bond acceptors (Lipinski definition) is 2. The van der Waals surface area contributed by atoms with E-state index in [1.54, 1.807) is 12.4 Å². The minimum absolute atomic E-state index is 0.811. The van der Waals surface area contributed by atoms with Crippen LogP contribution < -0.4 is 4.74 Å². The lowest BCUT2D eigenvalue weighted by Crippen LogP contribution is -2.10. The van der Waals surface area contributed by atoms with Gasteiger partial charge in [0.2, 0.25) is 6.10 Å². The quantitative estimate of drug-likeness (QED) is 0.831. The van der Waals surface area contributed by atoms with Crippen molar-refractivity contribution in [2.75, 3.05) is 0 Å². The van der Waals surface area contributed by atoms with Crippen molar-refractivity contribution >= 4 is 0 Å². The Bertz CT molecular complexity index is 397. The zero-order valence-corrected chi connectivity index (χ0v) is 9.31. The van der Waals surface area contributed by atoms with Crippen LogP contribution in [-0.2, 0) is 0 Å². The maximum atomic E-state index is 5.82. The van der Waals surface area contributed by atoms with Crippen LogP contribution in [0.5, 0.6) is 5.75 Å². The number of imidazole rings is 1. The maximum Gasteiger partial charge on any atom is 0.212 e. The van der Waals surface area contributed by atoms with Crippen molar-refractivity contribution in [2.24, 2.45) is 0 Å². The summed E-state index contributed by atoms with van der Waals surface area (Å²) >= 11 is 0. The fraction of sp³-hybridized carbons (Fsp3) is 0.231. The summed E-state index contributed by atoms with van der Waals surface area (Å²) in [5, 5.41) is 0. The van der Waals surface area contributed by atoms with Crippen LogP contribution in [0.2, 0.25) is 0 Å². The third-order valence-electron chi connectivity index (χ3n) is 2.22. The van der Waals surface area contributed by atoms with Crippen LogP contribution in [0.15, 0.2) is 42.7 Å². The van der Waals surface area contributed by atoms with Crippen molar-refractivity contribution < 1.29 is 4.74 Å². The van der Waals surface area contributed by atoms with Gasteiger partial charge < -0.3 is 9.72 Å². The fourth-order valence-electron chi connectivity index (χ4n) is 1.49. The van der Waals surface area contributed by atoms with Crippen LogP contribution in [0.4, 0.5) is 0 Å². The molecule has 0 aliphatic carbocycles. The van der Waals surface area contributed by atoms with Crippen molar-refractivity contribution in [3.63, 3.8) is 0 Å². The van der Waals surface area contributed by atoms with Crippen LogP contribution in [0.3, 0.4) is 0 Å². The number of nitrogens with zero attached hydrogens (tertiary/aromatic N) is 1. The summed E-state index contributed by atoms with van der Waals surface area (Å²) < 4.78 is 5.82. The second kappa shape index (κ2) is 5.35. The molecule has 0 fully saturated rings. The Labute approximate surface area is 95.5 Å². The minimum Gasteiger partial charge on any atom is -0.475 e. The first-order valence-corrected chi connectivity index (χ1v) is 5.48. The zero-order valence-electron chi connectivity index (χ0n) is 9.31. The number of H-pyrrole nitrogens is 1. The highest BCUT2D eigenvalue weighted by Crippen LogP contribution is 2.22. The molecule has 0 atom stereocenters. The molecule has 3 nitrogen and oxygen atoms in total. The molecule has 3 heteroatoms. The molecule has 83 valence electrons. The van der Waals surface area contributed by atoms with Gasteiger partial charge in [-0.15, -0.1) is 0 Å². The van der Waals surface area contributed by atoms with Gasteiger partial charge in [0.05, 0.1) is 0 Å². The van der Waals surface area contributed by atoms with E-state index >= 15 is 0 Å². The normalized spacial score (nSPS) is 10.6. The first kappa shape index (κ1) is 10.7. The molecule has 0 amide bonds. The SMILES string of the molecule is CCC[C](Oc1ccccc1)c1ncc[nH]1. The highest BCUT2D eigenvalue weighted by atomic mass is 16.5. The first-order valence-electron chi connectivity index (χ1n) is 5.48. The maximum absolute atomic E-state index is 5.82. The van der Waals surface area contributed by atoms with Gasteiger partial charge in [-0.05, 0) is 18.6 Å². The predicted molar refractivity (Wildman–Crippen MR) is 62.9 cm³/mol. The number of nitrogens with one attached hydrogen (secondary N) is 1. The van der Waals surface area contributed by atoms with Crippen LogP contribution in [0.1, 0.15) is 25.6 Å². The lowest BCUT2D eigenvalue weighted by Gasteiger charge is -2.14. The highest BCUT2D eigenvalue weighted by Gasteiger charge is 2.16. The summed E-state index contributed by atoms with van der Waals surface area (Å²) in [4.78, 5) is 7.28. The van der Waals surface area contributed by atoms with E-state index in [9.17, 15) is 0 Å². The van der Waals surface area contributed by atoms with E-state index in [-0.39, 0.29) is 0 Å². The van der Waals surface area contributed by atoms with Crippen molar-refractivity contribution in [1.29, 1.82) is 0 Å². The van der Waals surface area contributed by atoms with Gasteiger partial charge >= 0.3 is 0 Å². The summed E-state index contributed by atoms with van der Waals surface area (Å²) in [6, 6.07) is 9.78. The monoisotopic (exact) mass is 215 g/mol. The first-order chi connectivity index (χ1) is 7.90. The van der Waals surface area contributed by atoms with E-state index in [1.165, 1.54) is 0 Å². The second-order valence-electron chi connectivity index (χ2n) is 3.53. The molecule has 16 heavy (non-hydrogen) atoms. The van der Waals surface area contributed by atoms with E-state index in [1.807, 2.05) is 30.3 Å². The average molecular weight is 215 g/mol. The third kappa shape index (κ3) is 2.63. The Morgan fingerprint density at radius 3 is 2.75 bits per heavy atom. The number of benzene rings is 1. The lowest BCUT2D eigenvalue weighted by molar-refractivity contribution is 0.323. The molecule has 0 saturated heterocycles. The van der Waals surface area contributed by atoms with E-state index in [2.05, 4.69) is 16.9 Å². The molecule has 1 aromatic carbocycles. The topological polar surface area (TPSA) is 37.9 Å². The van der Waals surface area contributed by atoms with Crippen molar-refractivity contribution in [3.8, 4) is 5.75 Å². The van der Waals surface area contributed by atoms with Gasteiger partial charge in [0.1, 0.15) is 5.75 Å². The van der Waals surface area contributed by atoms with E-state index < -0.39 is 0 Å². The molecule has 1 aromatic heterocycles. The largest absolute Gasteiger partial charge is 0.475 e. The highest BCUT2D eigenvalue weighted by molar-refractivity contribution is 5.25. The molecule has 2 rings (SSSR count). The smallest absolute Gasteiger partial charge is 0.212 e. The Morgan fingerprint density at radius 1 is 1.31 bits per heavy atom. The van der Waals surface area contributed by atoms with Crippen LogP contribution in [0.25, 0.3) is 0 Å². The van der Waals surface area contributed by atoms with Gasteiger partial charge in [0.25, 0.3) is 0 Å². The van der Waals surface area contributed by atoms with Gasteiger partial charge in [0, 0.05) is 12.4 Å². The van der Waals surface area contributed by atoms with E-state index in [0.717, 1.165) is 30.5 Å². The van der Waals surface area contributed by atoms with Crippen molar-refractivity contribution in [3.05, 3.63) is 54.7 Å². The number of aromatic amines is 1. The zero-order chi connectivity index (χ0) is 11.2. The molecule has 2 aromatic rings. The van der Waals surface area contributed by atoms with Crippen LogP contribution in [0, 0.1) is 6.10 Å². The minimum atomic E-state index is 0.811. The van der Waals surface area contributed by atoms with Gasteiger partial charge in [-0.2, -0.15) is 0 Å². The molecule has 1 radical (unpaired) electrons. The van der Waals surface area contributed by atoms with E-state index in [0.29, 0.717) is 0 Å². The molecule has 0 bridgehead atoms. The Morgan fingerprint density at radius 2 is 2.12 bits per heavy atom. The van der Waals surface area contributed by atoms with Crippen LogP contribution in [-0.4, -0.2) is 9.97 Å². The molecular weight excluding hydrogens is 200 g/mol. The molecule has 0 aliphatic heterocycles.